The van der Waals surface area contributed by atoms with Gasteiger partial charge in [-0.25, -0.2) is 9.90 Å². The first kappa shape index (κ1) is 11.1. The molecular formula is C8H14N2O4. The minimum Gasteiger partial charge on any atom is -0.273 e. The van der Waals surface area contributed by atoms with Crippen LogP contribution in [0, 0.1) is 5.92 Å². The summed E-state index contributed by atoms with van der Waals surface area (Å²) in [7, 11) is 0. The molecule has 0 aromatic heterocycles. The Labute approximate surface area is 81.7 Å². The van der Waals surface area contributed by atoms with E-state index in [1.54, 1.807) is 13.8 Å². The molecule has 1 saturated heterocycles. The Kier molecular flexibility index (Phi) is 3.56. The van der Waals surface area contributed by atoms with Gasteiger partial charge >= 0.3 is 0 Å². The standard InChI is InChI=1S/C8H14N2O4/c1-5(2)8(14-13)9-10-6(11)3-4-7(10)12/h5,8-9,13H,3-4H2,1-2H3. The van der Waals surface area contributed by atoms with Crippen molar-refractivity contribution < 1.29 is 19.7 Å². The fourth-order valence-electron chi connectivity index (χ4n) is 1.14. The first-order valence-corrected chi connectivity index (χ1v) is 4.48. The fraction of sp³-hybridized carbons (Fsp3) is 0.750. The number of hydrazine groups is 1. The van der Waals surface area contributed by atoms with Crippen molar-refractivity contribution in [1.29, 1.82) is 0 Å². The first-order valence-electron chi connectivity index (χ1n) is 4.48. The Bertz CT molecular complexity index is 225. The Morgan fingerprint density at radius 3 is 2.21 bits per heavy atom. The lowest BCUT2D eigenvalue weighted by Crippen LogP contribution is -2.50. The topological polar surface area (TPSA) is 78.9 Å². The molecule has 0 aliphatic carbocycles. The third-order valence-corrected chi connectivity index (χ3v) is 2.03. The van der Waals surface area contributed by atoms with Crippen molar-refractivity contribution in [2.45, 2.75) is 32.9 Å². The molecule has 0 saturated carbocycles. The van der Waals surface area contributed by atoms with Crippen LogP contribution in [0.2, 0.25) is 0 Å². The van der Waals surface area contributed by atoms with E-state index in [1.807, 2.05) is 0 Å². The Hall–Kier alpha value is -0.980. The van der Waals surface area contributed by atoms with Crippen molar-refractivity contribution in [3.05, 3.63) is 0 Å². The van der Waals surface area contributed by atoms with Gasteiger partial charge in [-0.15, -0.1) is 0 Å². The van der Waals surface area contributed by atoms with Gasteiger partial charge in [0.25, 0.3) is 0 Å². The van der Waals surface area contributed by atoms with E-state index in [1.165, 1.54) is 0 Å². The summed E-state index contributed by atoms with van der Waals surface area (Å²) in [5, 5.41) is 9.42. The highest BCUT2D eigenvalue weighted by molar-refractivity contribution is 6.01. The maximum atomic E-state index is 11.2. The van der Waals surface area contributed by atoms with Crippen molar-refractivity contribution in [2.24, 2.45) is 5.92 Å². The van der Waals surface area contributed by atoms with E-state index in [9.17, 15) is 9.59 Å². The maximum Gasteiger partial charge on any atom is 0.244 e. The number of nitrogens with zero attached hydrogens (tertiary/aromatic N) is 1. The normalized spacial score (nSPS) is 19.6. The number of carbonyl (C=O) groups is 2. The van der Waals surface area contributed by atoms with Crippen molar-refractivity contribution in [2.75, 3.05) is 0 Å². The Morgan fingerprint density at radius 1 is 1.36 bits per heavy atom. The maximum absolute atomic E-state index is 11.2. The number of nitrogens with one attached hydrogen (secondary N) is 1. The lowest BCUT2D eigenvalue weighted by molar-refractivity contribution is -0.303. The van der Waals surface area contributed by atoms with Crippen LogP contribution in [0.4, 0.5) is 0 Å². The van der Waals surface area contributed by atoms with Crippen LogP contribution in [0.1, 0.15) is 26.7 Å². The molecule has 1 aliphatic rings. The van der Waals surface area contributed by atoms with Crippen LogP contribution in [0.15, 0.2) is 0 Å². The van der Waals surface area contributed by atoms with Crippen molar-refractivity contribution in [3.63, 3.8) is 0 Å². The van der Waals surface area contributed by atoms with Gasteiger partial charge in [-0.2, -0.15) is 5.43 Å². The Morgan fingerprint density at radius 2 is 1.86 bits per heavy atom. The Balaban J connectivity index is 2.57. The first-order chi connectivity index (χ1) is 6.56. The van der Waals surface area contributed by atoms with E-state index >= 15 is 0 Å². The second-order valence-corrected chi connectivity index (χ2v) is 3.52. The van der Waals surface area contributed by atoms with Gasteiger partial charge in [-0.1, -0.05) is 13.8 Å². The molecule has 80 valence electrons. The van der Waals surface area contributed by atoms with Gasteiger partial charge in [0, 0.05) is 12.8 Å². The molecule has 1 fully saturated rings. The average molecular weight is 202 g/mol. The lowest BCUT2D eigenvalue weighted by Gasteiger charge is -2.23. The summed E-state index contributed by atoms with van der Waals surface area (Å²) >= 11 is 0. The molecule has 1 unspecified atom stereocenters. The van der Waals surface area contributed by atoms with Crippen LogP contribution < -0.4 is 5.43 Å². The molecule has 1 rings (SSSR count). The second-order valence-electron chi connectivity index (χ2n) is 3.52. The van der Waals surface area contributed by atoms with E-state index in [4.69, 9.17) is 5.26 Å². The quantitative estimate of drug-likeness (QED) is 0.293. The predicted molar refractivity (Wildman–Crippen MR) is 46.6 cm³/mol. The fourth-order valence-corrected chi connectivity index (χ4v) is 1.14. The van der Waals surface area contributed by atoms with Crippen LogP contribution in [0.5, 0.6) is 0 Å². The largest absolute Gasteiger partial charge is 0.273 e. The van der Waals surface area contributed by atoms with Gasteiger partial charge in [-0.3, -0.25) is 14.8 Å². The van der Waals surface area contributed by atoms with Crippen LogP contribution in [-0.2, 0) is 14.5 Å². The molecule has 0 aromatic rings. The van der Waals surface area contributed by atoms with Gasteiger partial charge in [0.15, 0.2) is 6.23 Å². The molecule has 6 nitrogen and oxygen atoms in total. The van der Waals surface area contributed by atoms with E-state index in [0.717, 1.165) is 5.01 Å². The molecule has 0 spiro atoms. The lowest BCUT2D eigenvalue weighted by atomic mass is 10.2. The molecule has 1 aliphatic heterocycles. The number of amides is 2. The minimum absolute atomic E-state index is 0.0544. The highest BCUT2D eigenvalue weighted by Crippen LogP contribution is 2.11. The molecule has 1 heterocycles. The zero-order chi connectivity index (χ0) is 10.7. The third-order valence-electron chi connectivity index (χ3n) is 2.03. The number of imide groups is 1. The van der Waals surface area contributed by atoms with Crippen LogP contribution in [-0.4, -0.2) is 28.3 Å². The van der Waals surface area contributed by atoms with Crippen LogP contribution in [0.3, 0.4) is 0 Å². The molecule has 2 amide bonds. The van der Waals surface area contributed by atoms with Gasteiger partial charge in [0.2, 0.25) is 11.8 Å². The monoisotopic (exact) mass is 202 g/mol. The van der Waals surface area contributed by atoms with E-state index in [2.05, 4.69) is 10.3 Å². The van der Waals surface area contributed by atoms with Gasteiger partial charge in [0.1, 0.15) is 0 Å². The molecular weight excluding hydrogens is 188 g/mol. The molecule has 1 atom stereocenters. The molecule has 0 aromatic carbocycles. The minimum atomic E-state index is -0.749. The van der Waals surface area contributed by atoms with Crippen LogP contribution in [0.25, 0.3) is 0 Å². The van der Waals surface area contributed by atoms with Crippen LogP contribution >= 0.6 is 0 Å². The molecule has 6 heteroatoms. The van der Waals surface area contributed by atoms with Gasteiger partial charge in [0.05, 0.1) is 0 Å². The average Bonchev–Trinajstić information content (AvgIpc) is 2.43. The molecule has 0 bridgehead atoms. The summed E-state index contributed by atoms with van der Waals surface area (Å²) in [4.78, 5) is 26.4. The summed E-state index contributed by atoms with van der Waals surface area (Å²) in [6.45, 7) is 3.58. The summed E-state index contributed by atoms with van der Waals surface area (Å²) in [5.41, 5.74) is 2.53. The number of hydrogen-bond acceptors (Lipinski definition) is 5. The van der Waals surface area contributed by atoms with Gasteiger partial charge in [-0.05, 0) is 5.92 Å². The summed E-state index contributed by atoms with van der Waals surface area (Å²) in [6, 6.07) is 0. The number of rotatable bonds is 4. The van der Waals surface area contributed by atoms with Crippen molar-refractivity contribution >= 4 is 11.8 Å². The molecule has 14 heavy (non-hydrogen) atoms. The summed E-state index contributed by atoms with van der Waals surface area (Å²) < 4.78 is 0. The predicted octanol–water partition coefficient (Wildman–Crippen LogP) is 0.112. The van der Waals surface area contributed by atoms with E-state index < -0.39 is 6.23 Å². The van der Waals surface area contributed by atoms with E-state index in [0.29, 0.717) is 0 Å². The summed E-state index contributed by atoms with van der Waals surface area (Å²) in [6.07, 6.45) is -0.328. The zero-order valence-corrected chi connectivity index (χ0v) is 8.19. The number of hydrogen-bond donors (Lipinski definition) is 2. The molecule has 0 radical (unpaired) electrons. The van der Waals surface area contributed by atoms with E-state index in [-0.39, 0.29) is 30.6 Å². The van der Waals surface area contributed by atoms with Gasteiger partial charge < -0.3 is 0 Å². The van der Waals surface area contributed by atoms with Crippen molar-refractivity contribution in [3.8, 4) is 0 Å². The number of carbonyl (C=O) groups excluding carboxylic acids is 2. The third kappa shape index (κ3) is 2.28. The zero-order valence-electron chi connectivity index (χ0n) is 8.19. The smallest absolute Gasteiger partial charge is 0.244 e. The SMILES string of the molecule is CC(C)C(NN1C(=O)CCC1=O)OO. The molecule has 2 N–H and O–H groups in total. The summed E-state index contributed by atoms with van der Waals surface area (Å²) in [5.74, 6) is -0.642. The second kappa shape index (κ2) is 4.50. The highest BCUT2D eigenvalue weighted by Gasteiger charge is 2.31. The van der Waals surface area contributed by atoms with Crippen molar-refractivity contribution in [1.82, 2.24) is 10.4 Å². The highest BCUT2D eigenvalue weighted by atomic mass is 17.1.